The largest absolute Gasteiger partial charge is 0.458 e. The fourth-order valence-electron chi connectivity index (χ4n) is 0.840. The standard InChI is InChI=1S/C9H11IN2O2/c1-5(2)14-9(13)7-4-11-8(10)6(3)12-7/h4-5H,1-3H3. The van der Waals surface area contributed by atoms with Gasteiger partial charge in [-0.1, -0.05) is 0 Å². The van der Waals surface area contributed by atoms with E-state index in [1.807, 2.05) is 0 Å². The number of aromatic nitrogens is 2. The molecule has 0 amide bonds. The summed E-state index contributed by atoms with van der Waals surface area (Å²) < 4.78 is 5.78. The zero-order valence-corrected chi connectivity index (χ0v) is 10.4. The summed E-state index contributed by atoms with van der Waals surface area (Å²) in [6, 6.07) is 0. The smallest absolute Gasteiger partial charge is 0.358 e. The maximum atomic E-state index is 11.4. The summed E-state index contributed by atoms with van der Waals surface area (Å²) in [4.78, 5) is 19.5. The van der Waals surface area contributed by atoms with Gasteiger partial charge >= 0.3 is 5.97 Å². The van der Waals surface area contributed by atoms with Gasteiger partial charge in [0, 0.05) is 0 Å². The van der Waals surface area contributed by atoms with Gasteiger partial charge in [0.2, 0.25) is 0 Å². The molecule has 0 atom stereocenters. The first-order valence-corrected chi connectivity index (χ1v) is 5.28. The molecule has 0 aliphatic carbocycles. The molecule has 0 bridgehead atoms. The zero-order valence-electron chi connectivity index (χ0n) is 8.24. The molecule has 0 aromatic carbocycles. The lowest BCUT2D eigenvalue weighted by Gasteiger charge is -2.07. The van der Waals surface area contributed by atoms with E-state index in [-0.39, 0.29) is 11.8 Å². The van der Waals surface area contributed by atoms with Crippen molar-refractivity contribution in [2.75, 3.05) is 0 Å². The molecule has 1 aromatic rings. The molecule has 4 nitrogen and oxygen atoms in total. The summed E-state index contributed by atoms with van der Waals surface area (Å²) in [6.07, 6.45) is 1.29. The summed E-state index contributed by atoms with van der Waals surface area (Å²) in [5, 5.41) is 0. The molecular formula is C9H11IN2O2. The Morgan fingerprint density at radius 3 is 2.71 bits per heavy atom. The first kappa shape index (κ1) is 11.4. The number of aryl methyl sites for hydroxylation is 1. The Balaban J connectivity index is 2.86. The van der Waals surface area contributed by atoms with Crippen LogP contribution in [0, 0.1) is 10.6 Å². The molecule has 0 N–H and O–H groups in total. The van der Waals surface area contributed by atoms with E-state index in [1.165, 1.54) is 6.20 Å². The average Bonchev–Trinajstić information content (AvgIpc) is 2.08. The van der Waals surface area contributed by atoms with E-state index in [1.54, 1.807) is 20.8 Å². The highest BCUT2D eigenvalue weighted by Crippen LogP contribution is 2.07. The lowest BCUT2D eigenvalue weighted by Crippen LogP contribution is -2.14. The Morgan fingerprint density at radius 1 is 1.57 bits per heavy atom. The lowest BCUT2D eigenvalue weighted by atomic mass is 10.4. The van der Waals surface area contributed by atoms with E-state index < -0.39 is 5.97 Å². The highest BCUT2D eigenvalue weighted by molar-refractivity contribution is 14.1. The molecular weight excluding hydrogens is 295 g/mol. The minimum atomic E-state index is -0.424. The molecule has 0 aliphatic heterocycles. The van der Waals surface area contributed by atoms with Gasteiger partial charge in [0.25, 0.3) is 0 Å². The Hall–Kier alpha value is -0.720. The number of ether oxygens (including phenoxy) is 1. The van der Waals surface area contributed by atoms with Crippen LogP contribution in [-0.2, 0) is 4.74 Å². The Labute approximate surface area is 96.2 Å². The van der Waals surface area contributed by atoms with Gasteiger partial charge in [0.1, 0.15) is 3.70 Å². The van der Waals surface area contributed by atoms with E-state index >= 15 is 0 Å². The van der Waals surface area contributed by atoms with Crippen molar-refractivity contribution in [3.63, 3.8) is 0 Å². The van der Waals surface area contributed by atoms with Crippen LogP contribution in [0.25, 0.3) is 0 Å². The molecule has 5 heteroatoms. The summed E-state index contributed by atoms with van der Waals surface area (Å²) >= 11 is 2.06. The third kappa shape index (κ3) is 2.90. The highest BCUT2D eigenvalue weighted by Gasteiger charge is 2.12. The van der Waals surface area contributed by atoms with Crippen LogP contribution in [0.5, 0.6) is 0 Å². The first-order valence-electron chi connectivity index (χ1n) is 4.21. The van der Waals surface area contributed by atoms with Crippen molar-refractivity contribution < 1.29 is 9.53 Å². The normalized spacial score (nSPS) is 10.4. The van der Waals surface area contributed by atoms with Crippen LogP contribution in [0.3, 0.4) is 0 Å². The second-order valence-corrected chi connectivity index (χ2v) is 4.11. The van der Waals surface area contributed by atoms with E-state index in [0.29, 0.717) is 0 Å². The van der Waals surface area contributed by atoms with Crippen molar-refractivity contribution in [1.29, 1.82) is 0 Å². The van der Waals surface area contributed by atoms with Crippen LogP contribution in [0.1, 0.15) is 30.0 Å². The molecule has 0 unspecified atom stereocenters. The number of hydrogen-bond acceptors (Lipinski definition) is 4. The third-order valence-electron chi connectivity index (χ3n) is 1.44. The molecule has 14 heavy (non-hydrogen) atoms. The second-order valence-electron chi connectivity index (χ2n) is 3.09. The number of nitrogens with zero attached hydrogens (tertiary/aromatic N) is 2. The SMILES string of the molecule is Cc1nc(C(=O)OC(C)C)cnc1I. The van der Waals surface area contributed by atoms with Gasteiger partial charge in [0.05, 0.1) is 18.0 Å². The number of rotatable bonds is 2. The van der Waals surface area contributed by atoms with Gasteiger partial charge in [-0.15, -0.1) is 0 Å². The van der Waals surface area contributed by atoms with Crippen LogP contribution >= 0.6 is 22.6 Å². The fourth-order valence-corrected chi connectivity index (χ4v) is 1.10. The van der Waals surface area contributed by atoms with Crippen molar-refractivity contribution in [3.05, 3.63) is 21.3 Å². The van der Waals surface area contributed by atoms with Crippen LogP contribution in [0.15, 0.2) is 6.20 Å². The Bertz CT molecular complexity index is 353. The number of esters is 1. The van der Waals surface area contributed by atoms with Gasteiger partial charge in [-0.05, 0) is 43.4 Å². The molecule has 0 saturated carbocycles. The fraction of sp³-hybridized carbons (Fsp3) is 0.444. The minimum absolute atomic E-state index is 0.135. The van der Waals surface area contributed by atoms with Gasteiger partial charge in [-0.2, -0.15) is 0 Å². The van der Waals surface area contributed by atoms with Crippen molar-refractivity contribution in [2.45, 2.75) is 26.9 Å². The van der Waals surface area contributed by atoms with E-state index in [2.05, 4.69) is 32.6 Å². The number of carbonyl (C=O) groups is 1. The Morgan fingerprint density at radius 2 is 2.21 bits per heavy atom. The molecule has 0 spiro atoms. The third-order valence-corrected chi connectivity index (χ3v) is 2.50. The maximum Gasteiger partial charge on any atom is 0.358 e. The average molecular weight is 306 g/mol. The maximum absolute atomic E-state index is 11.4. The first-order chi connectivity index (χ1) is 6.50. The van der Waals surface area contributed by atoms with Crippen LogP contribution in [0.4, 0.5) is 0 Å². The highest BCUT2D eigenvalue weighted by atomic mass is 127. The summed E-state index contributed by atoms with van der Waals surface area (Å²) in [5.74, 6) is -0.424. The topological polar surface area (TPSA) is 52.1 Å². The number of carbonyl (C=O) groups excluding carboxylic acids is 1. The van der Waals surface area contributed by atoms with E-state index in [9.17, 15) is 4.79 Å². The van der Waals surface area contributed by atoms with Crippen molar-refractivity contribution in [2.24, 2.45) is 0 Å². The van der Waals surface area contributed by atoms with Gasteiger partial charge in [0.15, 0.2) is 5.69 Å². The van der Waals surface area contributed by atoms with E-state index in [0.717, 1.165) is 9.39 Å². The second kappa shape index (κ2) is 4.68. The summed E-state index contributed by atoms with van der Waals surface area (Å²) in [6.45, 7) is 5.40. The summed E-state index contributed by atoms with van der Waals surface area (Å²) in [7, 11) is 0. The molecule has 0 aliphatic rings. The van der Waals surface area contributed by atoms with E-state index in [4.69, 9.17) is 4.74 Å². The number of hydrogen-bond donors (Lipinski definition) is 0. The monoisotopic (exact) mass is 306 g/mol. The van der Waals surface area contributed by atoms with Crippen molar-refractivity contribution in [3.8, 4) is 0 Å². The van der Waals surface area contributed by atoms with Crippen molar-refractivity contribution in [1.82, 2.24) is 9.97 Å². The molecule has 0 saturated heterocycles. The Kier molecular flexibility index (Phi) is 3.79. The molecule has 76 valence electrons. The molecule has 1 aromatic heterocycles. The van der Waals surface area contributed by atoms with Crippen LogP contribution < -0.4 is 0 Å². The molecule has 1 heterocycles. The predicted molar refractivity (Wildman–Crippen MR) is 60.0 cm³/mol. The van der Waals surface area contributed by atoms with Crippen LogP contribution in [0.2, 0.25) is 0 Å². The molecule has 0 radical (unpaired) electrons. The van der Waals surface area contributed by atoms with Crippen molar-refractivity contribution >= 4 is 28.6 Å². The lowest BCUT2D eigenvalue weighted by molar-refractivity contribution is 0.0370. The van der Waals surface area contributed by atoms with Gasteiger partial charge < -0.3 is 4.74 Å². The molecule has 0 fully saturated rings. The van der Waals surface area contributed by atoms with Crippen LogP contribution in [-0.4, -0.2) is 22.0 Å². The summed E-state index contributed by atoms with van der Waals surface area (Å²) in [5.41, 5.74) is 1.00. The van der Waals surface area contributed by atoms with Gasteiger partial charge in [-0.25, -0.2) is 14.8 Å². The van der Waals surface area contributed by atoms with Gasteiger partial charge in [-0.3, -0.25) is 0 Å². The molecule has 1 rings (SSSR count). The number of halogens is 1. The quantitative estimate of drug-likeness (QED) is 0.619. The zero-order chi connectivity index (χ0) is 10.7. The predicted octanol–water partition coefficient (Wildman–Crippen LogP) is 1.95. The minimum Gasteiger partial charge on any atom is -0.458 e.